The first-order valence-electron chi connectivity index (χ1n) is 14.2. The van der Waals surface area contributed by atoms with Crippen LogP contribution in [-0.4, -0.2) is 65.9 Å². The minimum Gasteiger partial charge on any atom is -0.696 e. The van der Waals surface area contributed by atoms with Crippen molar-refractivity contribution in [1.82, 2.24) is 0 Å². The number of anilines is 1. The first kappa shape index (κ1) is 40.0. The number of nitrogens with zero attached hydrogens (tertiary/aromatic N) is 3. The molecule has 0 unspecified atom stereocenters. The standard InChI is InChI=1S/C31H37N2O4.CHNS.ClHO4.Na/c1-24-23-25(33-13-15-34-17-19-36-21-22-37-20-18-35-16-14-33)11-12-26(24)31-27-7-3-5-9-29(27)32(2)30-10-6-4-8-28(30)31;2-1-3;2-1(3,4)5;/h3-12,23H,13-22H2,1-2H3;3H;(H,2,3,4,5);/q+1;;;+1/p-2. The third-order valence-corrected chi connectivity index (χ3v) is 7.04. The monoisotopic (exact) mass is 681 g/mol. The van der Waals surface area contributed by atoms with E-state index in [1.54, 1.807) is 0 Å². The molecular formula is C32H37ClN3NaO8S. The van der Waals surface area contributed by atoms with Gasteiger partial charge in [-0.25, -0.2) is 23.9 Å². The molecule has 1 aromatic heterocycles. The second kappa shape index (κ2) is 20.9. The number of nitriles is 1. The third kappa shape index (κ3) is 12.8. The Bertz CT molecular complexity index is 1480. The third-order valence-electron chi connectivity index (χ3n) is 7.04. The van der Waals surface area contributed by atoms with Crippen molar-refractivity contribution in [3.05, 3.63) is 72.3 Å². The van der Waals surface area contributed by atoms with Gasteiger partial charge in [-0.3, -0.25) is 0 Å². The summed E-state index contributed by atoms with van der Waals surface area (Å²) in [4.78, 5) is 2.35. The van der Waals surface area contributed by atoms with Crippen molar-refractivity contribution < 1.29 is 82.0 Å². The van der Waals surface area contributed by atoms with Gasteiger partial charge in [-0.15, -0.1) is 10.2 Å². The Morgan fingerprint density at radius 3 is 1.54 bits per heavy atom. The molecule has 3 aromatic carbocycles. The number of rotatable bonds is 2. The Balaban J connectivity index is 0.000000736. The fourth-order valence-electron chi connectivity index (χ4n) is 5.13. The summed E-state index contributed by atoms with van der Waals surface area (Å²) in [6.45, 7) is 8.63. The van der Waals surface area contributed by atoms with Gasteiger partial charge in [-0.1, -0.05) is 35.7 Å². The Morgan fingerprint density at radius 1 is 0.739 bits per heavy atom. The van der Waals surface area contributed by atoms with Gasteiger partial charge in [-0.2, -0.15) is 4.57 Å². The zero-order valence-corrected chi connectivity index (χ0v) is 29.9. The molecule has 1 aliphatic rings. The maximum absolute atomic E-state index is 8.49. The molecule has 0 radical (unpaired) electrons. The molecular weight excluding hydrogens is 645 g/mol. The molecule has 1 fully saturated rings. The van der Waals surface area contributed by atoms with Crippen LogP contribution in [0.25, 0.3) is 32.9 Å². The smallest absolute Gasteiger partial charge is 0.696 e. The fraction of sp³-hybridized carbons (Fsp3) is 0.375. The second-order valence-corrected chi connectivity index (χ2v) is 10.8. The summed E-state index contributed by atoms with van der Waals surface area (Å²) in [7, 11) is -2.80. The van der Waals surface area contributed by atoms with Gasteiger partial charge in [0.25, 0.3) is 0 Å². The number of fused-ring (bicyclic) bond motifs is 2. The van der Waals surface area contributed by atoms with Gasteiger partial charge in [-0.05, 0) is 42.3 Å². The van der Waals surface area contributed by atoms with Crippen LogP contribution < -0.4 is 57.7 Å². The van der Waals surface area contributed by atoms with Crippen molar-refractivity contribution in [1.29, 1.82) is 5.26 Å². The minimum absolute atomic E-state index is 0. The van der Waals surface area contributed by atoms with Crippen molar-refractivity contribution >= 4 is 40.1 Å². The summed E-state index contributed by atoms with van der Waals surface area (Å²) in [5.74, 6) is 0. The van der Waals surface area contributed by atoms with E-state index >= 15 is 0 Å². The van der Waals surface area contributed by atoms with E-state index in [2.05, 4.69) is 103 Å². The van der Waals surface area contributed by atoms with E-state index in [1.165, 1.54) is 49.6 Å². The zero-order valence-electron chi connectivity index (χ0n) is 26.3. The van der Waals surface area contributed by atoms with E-state index in [4.69, 9.17) is 42.8 Å². The molecule has 1 aliphatic heterocycles. The van der Waals surface area contributed by atoms with Gasteiger partial charge in [0.15, 0.2) is 0 Å². The van der Waals surface area contributed by atoms with E-state index in [0.717, 1.165) is 13.1 Å². The molecule has 14 heteroatoms. The number of thiocyanates is 1. The van der Waals surface area contributed by atoms with Crippen LogP contribution in [-0.2, 0) is 38.6 Å². The summed E-state index contributed by atoms with van der Waals surface area (Å²) in [6.07, 6.45) is 0. The van der Waals surface area contributed by atoms with Crippen LogP contribution >= 0.6 is 0 Å². The van der Waals surface area contributed by atoms with Crippen LogP contribution in [0.4, 0.5) is 5.69 Å². The van der Waals surface area contributed by atoms with Crippen molar-refractivity contribution in [3.8, 4) is 16.5 Å². The molecule has 11 nitrogen and oxygen atoms in total. The van der Waals surface area contributed by atoms with Gasteiger partial charge in [0, 0.05) is 36.5 Å². The topological polar surface area (TPSA) is 160 Å². The molecule has 0 bridgehead atoms. The largest absolute Gasteiger partial charge is 1.00 e. The number of ether oxygens (including phenoxy) is 4. The molecule has 0 amide bonds. The number of aromatic nitrogens is 1. The summed E-state index contributed by atoms with van der Waals surface area (Å²) in [6, 6.07) is 24.2. The number of benzene rings is 3. The maximum atomic E-state index is 8.49. The Morgan fingerprint density at radius 2 is 1.13 bits per heavy atom. The van der Waals surface area contributed by atoms with E-state index in [0.29, 0.717) is 52.9 Å². The van der Waals surface area contributed by atoms with Crippen molar-refractivity contribution in [2.45, 2.75) is 6.92 Å². The number of para-hydroxylation sites is 2. The average Bonchev–Trinajstić information content (AvgIpc) is 3.01. The fourth-order valence-corrected chi connectivity index (χ4v) is 5.13. The van der Waals surface area contributed by atoms with Gasteiger partial charge >= 0.3 is 29.6 Å². The first-order valence-corrected chi connectivity index (χ1v) is 15.9. The van der Waals surface area contributed by atoms with E-state index in [-0.39, 0.29) is 29.6 Å². The molecule has 0 N–H and O–H groups in total. The molecule has 5 rings (SSSR count). The van der Waals surface area contributed by atoms with Gasteiger partial charge < -0.3 is 36.5 Å². The number of hydrogen-bond acceptors (Lipinski definition) is 11. The molecule has 0 aliphatic carbocycles. The van der Waals surface area contributed by atoms with Crippen molar-refractivity contribution in [3.63, 3.8) is 0 Å². The molecule has 0 spiro atoms. The predicted octanol–water partition coefficient (Wildman–Crippen LogP) is -3.06. The first-order chi connectivity index (χ1) is 21.7. The Kier molecular flexibility index (Phi) is 18.2. The summed E-state index contributed by atoms with van der Waals surface area (Å²) < 4.78 is 59.1. The molecule has 1 saturated heterocycles. The predicted molar refractivity (Wildman–Crippen MR) is 161 cm³/mol. The number of hydrogen-bond donors (Lipinski definition) is 0. The molecule has 0 atom stereocenters. The molecule has 0 saturated carbocycles. The Hall–Kier alpha value is -2.19. The molecule has 46 heavy (non-hydrogen) atoms. The van der Waals surface area contributed by atoms with Crippen molar-refractivity contribution in [2.24, 2.45) is 7.05 Å². The van der Waals surface area contributed by atoms with Gasteiger partial charge in [0.05, 0.1) is 63.6 Å². The van der Waals surface area contributed by atoms with Crippen LogP contribution in [0.2, 0.25) is 0 Å². The molecule has 4 aromatic rings. The maximum Gasteiger partial charge on any atom is 1.00 e. The van der Waals surface area contributed by atoms with Crippen LogP contribution in [0.3, 0.4) is 0 Å². The summed E-state index contributed by atoms with van der Waals surface area (Å²) in [5.41, 5.74) is 7.44. The average molecular weight is 682 g/mol. The summed E-state index contributed by atoms with van der Waals surface area (Å²) >= 11 is 3.70. The van der Waals surface area contributed by atoms with Gasteiger partial charge in [0.2, 0.25) is 11.0 Å². The number of aryl methyl sites for hydroxylation is 2. The number of pyridine rings is 1. The normalized spacial score (nSPS) is 15.1. The van der Waals surface area contributed by atoms with Crippen LogP contribution in [0.15, 0.2) is 66.7 Å². The summed E-state index contributed by atoms with van der Waals surface area (Å²) in [5, 5.41) is 11.0. The van der Waals surface area contributed by atoms with E-state index in [9.17, 15) is 0 Å². The van der Waals surface area contributed by atoms with Gasteiger partial charge in [0.1, 0.15) is 7.05 Å². The van der Waals surface area contributed by atoms with Crippen molar-refractivity contribution in [2.75, 3.05) is 70.8 Å². The zero-order chi connectivity index (χ0) is 32.7. The number of halogens is 1. The van der Waals surface area contributed by atoms with E-state index in [1.807, 2.05) is 0 Å². The van der Waals surface area contributed by atoms with Crippen LogP contribution in [0, 0.1) is 27.8 Å². The minimum atomic E-state index is -4.94. The Labute approximate surface area is 299 Å². The SMILES string of the molecule is Cc1cc(N2CCOCCOCCOCCOCC2)ccc1-c1c2ccccc2[n+](C)c2ccccc12.N#C[S-].[Na+].[O-][Cl+3]([O-])([O-])[O-]. The molecule has 242 valence electrons. The molecule has 2 heterocycles. The quantitative estimate of drug-likeness (QED) is 0.0695. The van der Waals surface area contributed by atoms with Crippen LogP contribution in [0.1, 0.15) is 5.56 Å². The van der Waals surface area contributed by atoms with Crippen LogP contribution in [0.5, 0.6) is 0 Å². The second-order valence-electron chi connectivity index (χ2n) is 9.87. The van der Waals surface area contributed by atoms with E-state index < -0.39 is 10.2 Å².